The molecule has 0 saturated heterocycles. The molecule has 1 amide bonds. The minimum absolute atomic E-state index is 0.0508. The van der Waals surface area contributed by atoms with Crippen LogP contribution in [-0.2, 0) is 13.7 Å². The molecule has 3 aromatic rings. The Bertz CT molecular complexity index is 897. The Balaban J connectivity index is 1.77. The van der Waals surface area contributed by atoms with E-state index < -0.39 is 0 Å². The zero-order valence-corrected chi connectivity index (χ0v) is 15.3. The summed E-state index contributed by atoms with van der Waals surface area (Å²) in [5.74, 6) is 0.884. The summed E-state index contributed by atoms with van der Waals surface area (Å²) in [6.45, 7) is 5.91. The van der Waals surface area contributed by atoms with Crippen molar-refractivity contribution in [1.29, 1.82) is 0 Å². The van der Waals surface area contributed by atoms with Gasteiger partial charge in [0.05, 0.1) is 5.56 Å². The average molecular weight is 354 g/mol. The van der Waals surface area contributed by atoms with Gasteiger partial charge in [0.1, 0.15) is 23.8 Å². The zero-order chi connectivity index (χ0) is 18.7. The van der Waals surface area contributed by atoms with Gasteiger partial charge >= 0.3 is 0 Å². The van der Waals surface area contributed by atoms with E-state index in [1.54, 1.807) is 13.1 Å². The van der Waals surface area contributed by atoms with Gasteiger partial charge in [-0.25, -0.2) is 0 Å². The third-order valence-electron chi connectivity index (χ3n) is 3.91. The molecule has 1 aromatic carbocycles. The van der Waals surface area contributed by atoms with Gasteiger partial charge in [0.25, 0.3) is 5.91 Å². The van der Waals surface area contributed by atoms with E-state index in [-0.39, 0.29) is 18.6 Å². The van der Waals surface area contributed by atoms with Crippen molar-refractivity contribution in [2.24, 2.45) is 7.05 Å². The molecule has 3 rings (SSSR count). The molecule has 0 aliphatic carbocycles. The van der Waals surface area contributed by atoms with Gasteiger partial charge in [-0.1, -0.05) is 35.5 Å². The molecule has 0 saturated carbocycles. The van der Waals surface area contributed by atoms with Crippen molar-refractivity contribution in [3.05, 3.63) is 53.4 Å². The lowest BCUT2D eigenvalue weighted by molar-refractivity contribution is 0.0933. The summed E-state index contributed by atoms with van der Waals surface area (Å²) in [7, 11) is 1.71. The molecule has 7 heteroatoms. The minimum Gasteiger partial charge on any atom is -0.471 e. The van der Waals surface area contributed by atoms with Crippen molar-refractivity contribution >= 4 is 5.91 Å². The fourth-order valence-corrected chi connectivity index (χ4v) is 2.59. The lowest BCUT2D eigenvalue weighted by atomic mass is 10.1. The molecule has 26 heavy (non-hydrogen) atoms. The van der Waals surface area contributed by atoms with Gasteiger partial charge in [0.2, 0.25) is 5.88 Å². The highest BCUT2D eigenvalue weighted by Crippen LogP contribution is 2.26. The maximum Gasteiger partial charge on any atom is 0.269 e. The van der Waals surface area contributed by atoms with E-state index in [4.69, 9.17) is 9.26 Å². The van der Waals surface area contributed by atoms with E-state index in [1.165, 1.54) is 4.68 Å². The van der Waals surface area contributed by atoms with Crippen LogP contribution >= 0.6 is 0 Å². The van der Waals surface area contributed by atoms with Crippen LogP contribution < -0.4 is 10.1 Å². The lowest BCUT2D eigenvalue weighted by Crippen LogP contribution is -2.31. The third-order valence-corrected chi connectivity index (χ3v) is 3.91. The van der Waals surface area contributed by atoms with Crippen LogP contribution in [0.4, 0.5) is 0 Å². The van der Waals surface area contributed by atoms with E-state index in [0.29, 0.717) is 17.3 Å². The van der Waals surface area contributed by atoms with Gasteiger partial charge in [0.15, 0.2) is 0 Å². The highest BCUT2D eigenvalue weighted by Gasteiger charge is 2.18. The van der Waals surface area contributed by atoms with E-state index in [2.05, 4.69) is 15.6 Å². The Kier molecular flexibility index (Phi) is 5.06. The Labute approximate surface area is 151 Å². The molecule has 0 atom stereocenters. The van der Waals surface area contributed by atoms with Crippen LogP contribution in [0.25, 0.3) is 11.3 Å². The van der Waals surface area contributed by atoms with Crippen LogP contribution in [0.1, 0.15) is 35.7 Å². The number of ether oxygens (including phenoxy) is 1. The molecule has 2 aromatic heterocycles. The maximum absolute atomic E-state index is 12.2. The van der Waals surface area contributed by atoms with Gasteiger partial charge in [-0.15, -0.1) is 5.10 Å². The van der Waals surface area contributed by atoms with Crippen molar-refractivity contribution in [2.75, 3.05) is 0 Å². The SMILES string of the molecule is Cc1onc(-c2ccccc2)c1COc1cc(C(=O)NC(C)C)n(C)n1. The summed E-state index contributed by atoms with van der Waals surface area (Å²) >= 11 is 0. The second-order valence-electron chi connectivity index (χ2n) is 6.34. The highest BCUT2D eigenvalue weighted by molar-refractivity contribution is 5.93. The summed E-state index contributed by atoms with van der Waals surface area (Å²) < 4.78 is 12.6. The largest absolute Gasteiger partial charge is 0.471 e. The molecular weight excluding hydrogens is 332 g/mol. The van der Waals surface area contributed by atoms with Gasteiger partial charge in [-0.05, 0) is 20.8 Å². The van der Waals surface area contributed by atoms with Crippen LogP contribution in [0.2, 0.25) is 0 Å². The first-order valence-electron chi connectivity index (χ1n) is 8.44. The minimum atomic E-state index is -0.184. The second-order valence-corrected chi connectivity index (χ2v) is 6.34. The summed E-state index contributed by atoms with van der Waals surface area (Å²) in [6, 6.07) is 11.5. The van der Waals surface area contributed by atoms with Crippen LogP contribution in [-0.4, -0.2) is 26.9 Å². The Morgan fingerprint density at radius 1 is 1.31 bits per heavy atom. The Morgan fingerprint density at radius 2 is 2.04 bits per heavy atom. The predicted molar refractivity (Wildman–Crippen MR) is 96.8 cm³/mol. The highest BCUT2D eigenvalue weighted by atomic mass is 16.5. The lowest BCUT2D eigenvalue weighted by Gasteiger charge is -2.07. The van der Waals surface area contributed by atoms with Crippen molar-refractivity contribution in [3.63, 3.8) is 0 Å². The molecule has 7 nitrogen and oxygen atoms in total. The fraction of sp³-hybridized carbons (Fsp3) is 0.316. The quantitative estimate of drug-likeness (QED) is 0.735. The first-order valence-corrected chi connectivity index (χ1v) is 8.44. The number of hydrogen-bond donors (Lipinski definition) is 1. The molecular formula is C19H22N4O3. The van der Waals surface area contributed by atoms with Crippen LogP contribution in [0.3, 0.4) is 0 Å². The predicted octanol–water partition coefficient (Wildman–Crippen LogP) is 3.10. The number of carbonyl (C=O) groups excluding carboxylic acids is 1. The van der Waals surface area contributed by atoms with Gasteiger partial charge < -0.3 is 14.6 Å². The molecule has 0 bridgehead atoms. The van der Waals surface area contributed by atoms with Crippen LogP contribution in [0.5, 0.6) is 5.88 Å². The Morgan fingerprint density at radius 3 is 2.73 bits per heavy atom. The van der Waals surface area contributed by atoms with E-state index >= 15 is 0 Å². The normalized spacial score (nSPS) is 11.0. The zero-order valence-electron chi connectivity index (χ0n) is 15.3. The number of nitrogens with one attached hydrogen (secondary N) is 1. The molecule has 0 radical (unpaired) electrons. The molecule has 0 spiro atoms. The second kappa shape index (κ2) is 7.43. The van der Waals surface area contributed by atoms with Crippen molar-refractivity contribution < 1.29 is 14.1 Å². The third kappa shape index (κ3) is 3.77. The van der Waals surface area contributed by atoms with Crippen LogP contribution in [0, 0.1) is 6.92 Å². The van der Waals surface area contributed by atoms with E-state index in [9.17, 15) is 4.79 Å². The average Bonchev–Trinajstić information content (AvgIpc) is 3.16. The number of amides is 1. The smallest absolute Gasteiger partial charge is 0.269 e. The van der Waals surface area contributed by atoms with Gasteiger partial charge in [0, 0.05) is 24.7 Å². The summed E-state index contributed by atoms with van der Waals surface area (Å²) in [6.07, 6.45) is 0. The van der Waals surface area contributed by atoms with Crippen LogP contribution in [0.15, 0.2) is 40.9 Å². The molecule has 0 fully saturated rings. The summed E-state index contributed by atoms with van der Waals surface area (Å²) in [4.78, 5) is 12.2. The number of aromatic nitrogens is 3. The number of benzene rings is 1. The van der Waals surface area contributed by atoms with E-state index in [0.717, 1.165) is 16.8 Å². The summed E-state index contributed by atoms with van der Waals surface area (Å²) in [5, 5.41) is 11.2. The van der Waals surface area contributed by atoms with Gasteiger partial charge in [-0.2, -0.15) is 0 Å². The van der Waals surface area contributed by atoms with E-state index in [1.807, 2.05) is 51.1 Å². The molecule has 0 aliphatic heterocycles. The maximum atomic E-state index is 12.2. The van der Waals surface area contributed by atoms with Crippen molar-refractivity contribution in [1.82, 2.24) is 20.3 Å². The van der Waals surface area contributed by atoms with Crippen molar-refractivity contribution in [3.8, 4) is 17.1 Å². The number of rotatable bonds is 6. The monoisotopic (exact) mass is 354 g/mol. The number of carbonyl (C=O) groups is 1. The molecule has 1 N–H and O–H groups in total. The number of nitrogens with zero attached hydrogens (tertiary/aromatic N) is 3. The summed E-state index contributed by atoms with van der Waals surface area (Å²) in [5.41, 5.74) is 3.01. The van der Waals surface area contributed by atoms with Gasteiger partial charge in [-0.3, -0.25) is 9.48 Å². The van der Waals surface area contributed by atoms with Crippen molar-refractivity contribution in [2.45, 2.75) is 33.4 Å². The topological polar surface area (TPSA) is 82.2 Å². The number of aryl methyl sites for hydroxylation is 2. The molecule has 136 valence electrons. The first kappa shape index (κ1) is 17.7. The Hall–Kier alpha value is -3.09. The molecule has 0 aliphatic rings. The first-order chi connectivity index (χ1) is 12.5. The number of hydrogen-bond acceptors (Lipinski definition) is 5. The standard InChI is InChI=1S/C19H22N4O3/c1-12(2)20-19(24)16-10-17(21-23(16)4)25-11-15-13(3)26-22-18(15)14-8-6-5-7-9-14/h5-10,12H,11H2,1-4H3,(H,20,24). The molecule has 2 heterocycles. The molecule has 0 unspecified atom stereocenters. The fourth-order valence-electron chi connectivity index (χ4n) is 2.59.